The number of halogens is 1. The third-order valence-corrected chi connectivity index (χ3v) is 2.80. The molecule has 1 aromatic carbocycles. The van der Waals surface area contributed by atoms with Crippen LogP contribution in [0.5, 0.6) is 0 Å². The van der Waals surface area contributed by atoms with Gasteiger partial charge in [0, 0.05) is 10.4 Å². The van der Waals surface area contributed by atoms with Crippen molar-refractivity contribution in [2.75, 3.05) is 0 Å². The minimum atomic E-state index is -0.289. The summed E-state index contributed by atoms with van der Waals surface area (Å²) in [5, 5.41) is 6.41. The molecule has 2 aromatic rings. The van der Waals surface area contributed by atoms with Crippen LogP contribution >= 0.6 is 23.1 Å². The van der Waals surface area contributed by atoms with Crippen LogP contribution in [0.1, 0.15) is 17.3 Å². The van der Waals surface area contributed by atoms with Gasteiger partial charge in [-0.1, -0.05) is 34.3 Å². The zero-order chi connectivity index (χ0) is 9.97. The Morgan fingerprint density at radius 3 is 2.79 bits per heavy atom. The Morgan fingerprint density at radius 1 is 1.36 bits per heavy atom. The van der Waals surface area contributed by atoms with E-state index in [-0.39, 0.29) is 6.04 Å². The fraction of sp³-hybridized carbons (Fsp3) is 0.111. The highest BCUT2D eigenvalue weighted by molar-refractivity contribution is 7.03. The van der Waals surface area contributed by atoms with Crippen LogP contribution in [0.3, 0.4) is 0 Å². The van der Waals surface area contributed by atoms with E-state index in [0.29, 0.717) is 5.02 Å². The van der Waals surface area contributed by atoms with E-state index >= 15 is 0 Å². The van der Waals surface area contributed by atoms with Crippen LogP contribution in [0.15, 0.2) is 29.6 Å². The predicted octanol–water partition coefficient (Wildman–Crippen LogP) is 2.24. The van der Waals surface area contributed by atoms with Gasteiger partial charge < -0.3 is 5.73 Å². The molecule has 0 saturated heterocycles. The second kappa shape index (κ2) is 4.04. The molecular weight excluding hydrogens is 218 g/mol. The van der Waals surface area contributed by atoms with Crippen LogP contribution in [0.4, 0.5) is 0 Å². The molecule has 3 nitrogen and oxygen atoms in total. The number of benzene rings is 1. The summed E-state index contributed by atoms with van der Waals surface area (Å²) < 4.78 is 3.77. The second-order valence-electron chi connectivity index (χ2n) is 2.83. The lowest BCUT2D eigenvalue weighted by Crippen LogP contribution is -2.12. The first-order valence-electron chi connectivity index (χ1n) is 4.06. The molecule has 0 bridgehead atoms. The summed E-state index contributed by atoms with van der Waals surface area (Å²) in [6.07, 6.45) is 0. The van der Waals surface area contributed by atoms with Gasteiger partial charge in [0.1, 0.15) is 0 Å². The highest BCUT2D eigenvalue weighted by Gasteiger charge is 2.13. The van der Waals surface area contributed by atoms with Crippen molar-refractivity contribution < 1.29 is 0 Å². The lowest BCUT2D eigenvalue weighted by molar-refractivity contribution is 0.818. The Balaban J connectivity index is 2.37. The van der Waals surface area contributed by atoms with Gasteiger partial charge in [0.2, 0.25) is 0 Å². The Hall–Kier alpha value is -0.970. The molecule has 0 aliphatic carbocycles. The van der Waals surface area contributed by atoms with Crippen molar-refractivity contribution in [2.24, 2.45) is 5.73 Å². The molecule has 1 heterocycles. The first-order valence-corrected chi connectivity index (χ1v) is 5.27. The largest absolute Gasteiger partial charge is 0.319 e. The molecule has 0 saturated carbocycles. The van der Waals surface area contributed by atoms with E-state index in [2.05, 4.69) is 9.59 Å². The van der Waals surface area contributed by atoms with Crippen molar-refractivity contribution in [2.45, 2.75) is 6.04 Å². The van der Waals surface area contributed by atoms with Gasteiger partial charge in [-0.05, 0) is 23.2 Å². The van der Waals surface area contributed by atoms with E-state index in [4.69, 9.17) is 17.3 Å². The fourth-order valence-electron chi connectivity index (χ4n) is 1.19. The molecule has 0 radical (unpaired) electrons. The summed E-state index contributed by atoms with van der Waals surface area (Å²) in [7, 11) is 0. The van der Waals surface area contributed by atoms with Gasteiger partial charge in [-0.25, -0.2) is 0 Å². The summed E-state index contributed by atoms with van der Waals surface area (Å²) in [5.41, 5.74) is 7.61. The van der Waals surface area contributed by atoms with E-state index in [1.165, 1.54) is 11.5 Å². The third-order valence-electron chi connectivity index (χ3n) is 1.94. The van der Waals surface area contributed by atoms with E-state index in [1.807, 2.05) is 29.6 Å². The summed E-state index contributed by atoms with van der Waals surface area (Å²) >= 11 is 7.30. The van der Waals surface area contributed by atoms with Gasteiger partial charge in [0.05, 0.1) is 11.7 Å². The molecule has 0 aliphatic rings. The molecule has 1 aromatic heterocycles. The van der Waals surface area contributed by atoms with Gasteiger partial charge >= 0.3 is 0 Å². The zero-order valence-electron chi connectivity index (χ0n) is 7.22. The van der Waals surface area contributed by atoms with Crippen molar-refractivity contribution in [3.05, 3.63) is 45.9 Å². The Morgan fingerprint density at radius 2 is 2.14 bits per heavy atom. The van der Waals surface area contributed by atoms with E-state index in [9.17, 15) is 0 Å². The average molecular weight is 226 g/mol. The van der Waals surface area contributed by atoms with Crippen LogP contribution in [-0.2, 0) is 0 Å². The zero-order valence-corrected chi connectivity index (χ0v) is 8.79. The van der Waals surface area contributed by atoms with Crippen LogP contribution in [0.25, 0.3) is 0 Å². The highest BCUT2D eigenvalue weighted by atomic mass is 35.5. The minimum Gasteiger partial charge on any atom is -0.319 e. The Labute approximate surface area is 90.7 Å². The number of nitrogens with two attached hydrogens (primary N) is 1. The van der Waals surface area contributed by atoms with E-state index < -0.39 is 0 Å². The first kappa shape index (κ1) is 9.58. The molecule has 2 rings (SSSR count). The van der Waals surface area contributed by atoms with E-state index in [1.54, 1.807) is 0 Å². The molecule has 14 heavy (non-hydrogen) atoms. The maximum absolute atomic E-state index is 6.01. The quantitative estimate of drug-likeness (QED) is 0.853. The van der Waals surface area contributed by atoms with Crippen molar-refractivity contribution >= 4 is 23.1 Å². The smallest absolute Gasteiger partial charge is 0.0968 e. The molecular formula is C9H8ClN3S. The fourth-order valence-corrected chi connectivity index (χ4v) is 1.94. The summed E-state index contributed by atoms with van der Waals surface area (Å²) in [6.45, 7) is 0. The molecule has 0 aliphatic heterocycles. The van der Waals surface area contributed by atoms with Crippen molar-refractivity contribution in [3.8, 4) is 0 Å². The van der Waals surface area contributed by atoms with Crippen molar-refractivity contribution in [3.63, 3.8) is 0 Å². The molecule has 0 amide bonds. The first-order chi connectivity index (χ1) is 6.79. The molecule has 0 fully saturated rings. The number of hydrogen-bond donors (Lipinski definition) is 1. The van der Waals surface area contributed by atoms with E-state index in [0.717, 1.165) is 11.3 Å². The predicted molar refractivity (Wildman–Crippen MR) is 57.4 cm³/mol. The van der Waals surface area contributed by atoms with Crippen LogP contribution < -0.4 is 5.73 Å². The monoisotopic (exact) mass is 225 g/mol. The number of rotatable bonds is 2. The molecule has 0 spiro atoms. The minimum absolute atomic E-state index is 0.289. The Bertz CT molecular complexity index is 416. The normalized spacial score (nSPS) is 12.7. The van der Waals surface area contributed by atoms with Gasteiger partial charge in [-0.2, -0.15) is 0 Å². The molecule has 2 N–H and O–H groups in total. The maximum atomic E-state index is 6.01. The van der Waals surface area contributed by atoms with Gasteiger partial charge in [0.15, 0.2) is 0 Å². The average Bonchev–Trinajstić information content (AvgIpc) is 2.70. The van der Waals surface area contributed by atoms with Crippen LogP contribution in [0, 0.1) is 0 Å². The molecule has 5 heteroatoms. The third kappa shape index (κ3) is 1.77. The van der Waals surface area contributed by atoms with Gasteiger partial charge in [0.25, 0.3) is 0 Å². The summed E-state index contributed by atoms with van der Waals surface area (Å²) in [5.74, 6) is 0. The van der Waals surface area contributed by atoms with Crippen molar-refractivity contribution in [1.82, 2.24) is 9.59 Å². The lowest BCUT2D eigenvalue weighted by Gasteiger charge is -2.09. The van der Waals surface area contributed by atoms with Crippen molar-refractivity contribution in [1.29, 1.82) is 0 Å². The molecule has 1 unspecified atom stereocenters. The van der Waals surface area contributed by atoms with Crippen LogP contribution in [0.2, 0.25) is 5.02 Å². The maximum Gasteiger partial charge on any atom is 0.0968 e. The number of nitrogens with zero attached hydrogens (tertiary/aromatic N) is 2. The molecule has 72 valence electrons. The van der Waals surface area contributed by atoms with Gasteiger partial charge in [-0.15, -0.1) is 5.10 Å². The second-order valence-corrected chi connectivity index (χ2v) is 3.85. The Kier molecular flexibility index (Phi) is 2.77. The number of aromatic nitrogens is 2. The summed E-state index contributed by atoms with van der Waals surface area (Å²) in [4.78, 5) is 0. The SMILES string of the molecule is NC(c1csnn1)c1ccccc1Cl. The van der Waals surface area contributed by atoms with Crippen LogP contribution in [-0.4, -0.2) is 9.59 Å². The van der Waals surface area contributed by atoms with Gasteiger partial charge in [-0.3, -0.25) is 0 Å². The summed E-state index contributed by atoms with van der Waals surface area (Å²) in [6, 6.07) is 7.20. The number of hydrogen-bond acceptors (Lipinski definition) is 4. The molecule has 1 atom stereocenters. The standard InChI is InChI=1S/C9H8ClN3S/c10-7-4-2-1-3-6(7)9(11)8-5-14-13-12-8/h1-5,9H,11H2. The highest BCUT2D eigenvalue weighted by Crippen LogP contribution is 2.25. The lowest BCUT2D eigenvalue weighted by atomic mass is 10.1. The topological polar surface area (TPSA) is 51.8 Å².